The lowest BCUT2D eigenvalue weighted by Gasteiger charge is -2.07. The van der Waals surface area contributed by atoms with Crippen molar-refractivity contribution in [3.8, 4) is 5.75 Å². The molecule has 0 unspecified atom stereocenters. The van der Waals surface area contributed by atoms with Crippen molar-refractivity contribution < 1.29 is 9.53 Å². The summed E-state index contributed by atoms with van der Waals surface area (Å²) in [6.45, 7) is 0.447. The molecule has 0 saturated carbocycles. The number of carbonyl (C=O) groups is 1. The van der Waals surface area contributed by atoms with E-state index in [1.807, 2.05) is 12.1 Å². The van der Waals surface area contributed by atoms with Crippen LogP contribution < -0.4 is 15.8 Å². The summed E-state index contributed by atoms with van der Waals surface area (Å²) in [6, 6.07) is 7.27. The molecule has 0 radical (unpaired) electrons. The largest absolute Gasteiger partial charge is 0.484 e. The number of thiazole rings is 1. The number of anilines is 1. The quantitative estimate of drug-likeness (QED) is 0.857. The number of nitrogens with two attached hydrogens (primary N) is 1. The van der Waals surface area contributed by atoms with E-state index in [0.717, 1.165) is 10.7 Å². The van der Waals surface area contributed by atoms with Gasteiger partial charge in [0.2, 0.25) is 0 Å². The lowest BCUT2D eigenvalue weighted by atomic mass is 10.3. The minimum atomic E-state index is -0.504. The van der Waals surface area contributed by atoms with Crippen LogP contribution in [0.2, 0.25) is 4.34 Å². The first-order valence-electron chi connectivity index (χ1n) is 5.49. The van der Waals surface area contributed by atoms with Gasteiger partial charge in [0.15, 0.2) is 6.61 Å². The molecule has 0 aliphatic rings. The molecule has 2 aromatic rings. The highest BCUT2D eigenvalue weighted by molar-refractivity contribution is 7.15. The normalized spacial score (nSPS) is 10.2. The Hall–Kier alpha value is -1.79. The van der Waals surface area contributed by atoms with Gasteiger partial charge in [-0.2, -0.15) is 0 Å². The molecule has 2 rings (SSSR count). The van der Waals surface area contributed by atoms with Crippen molar-refractivity contribution in [2.45, 2.75) is 6.54 Å². The van der Waals surface area contributed by atoms with Gasteiger partial charge >= 0.3 is 0 Å². The van der Waals surface area contributed by atoms with Crippen molar-refractivity contribution in [2.24, 2.45) is 5.73 Å². The van der Waals surface area contributed by atoms with Crippen LogP contribution in [0.3, 0.4) is 0 Å². The zero-order chi connectivity index (χ0) is 13.7. The molecule has 1 amide bonds. The van der Waals surface area contributed by atoms with E-state index in [0.29, 0.717) is 16.6 Å². The number of rotatable bonds is 6. The fourth-order valence-corrected chi connectivity index (χ4v) is 2.29. The van der Waals surface area contributed by atoms with Crippen molar-refractivity contribution in [3.63, 3.8) is 0 Å². The van der Waals surface area contributed by atoms with E-state index in [4.69, 9.17) is 22.1 Å². The van der Waals surface area contributed by atoms with E-state index >= 15 is 0 Å². The molecule has 5 nitrogen and oxygen atoms in total. The maximum Gasteiger partial charge on any atom is 0.255 e. The zero-order valence-corrected chi connectivity index (χ0v) is 11.5. The van der Waals surface area contributed by atoms with Gasteiger partial charge in [0, 0.05) is 11.8 Å². The Labute approximate surface area is 119 Å². The molecule has 0 saturated heterocycles. The van der Waals surface area contributed by atoms with Crippen LogP contribution in [-0.2, 0) is 11.3 Å². The highest BCUT2D eigenvalue weighted by atomic mass is 35.5. The average molecular weight is 298 g/mol. The highest BCUT2D eigenvalue weighted by Gasteiger charge is 2.02. The van der Waals surface area contributed by atoms with Crippen LogP contribution in [0.4, 0.5) is 5.69 Å². The minimum Gasteiger partial charge on any atom is -0.484 e. The Morgan fingerprint density at radius 2 is 2.37 bits per heavy atom. The maximum atomic E-state index is 10.6. The van der Waals surface area contributed by atoms with Gasteiger partial charge in [-0.15, -0.1) is 11.3 Å². The fourth-order valence-electron chi connectivity index (χ4n) is 1.40. The van der Waals surface area contributed by atoms with E-state index in [1.165, 1.54) is 11.3 Å². The van der Waals surface area contributed by atoms with Gasteiger partial charge in [0.1, 0.15) is 15.1 Å². The standard InChI is InChI=1S/C12H12ClN3O2S/c13-10-5-16-12(19-10)6-15-8-2-1-3-9(4-8)18-7-11(14)17/h1-5,15H,6-7H2,(H2,14,17). The first-order chi connectivity index (χ1) is 9.13. The number of nitrogens with zero attached hydrogens (tertiary/aromatic N) is 1. The third-order valence-corrected chi connectivity index (χ3v) is 3.30. The molecule has 0 aliphatic heterocycles. The predicted molar refractivity (Wildman–Crippen MR) is 75.6 cm³/mol. The van der Waals surface area contributed by atoms with Gasteiger partial charge in [-0.25, -0.2) is 4.98 Å². The number of ether oxygens (including phenoxy) is 1. The summed E-state index contributed by atoms with van der Waals surface area (Å²) in [7, 11) is 0. The minimum absolute atomic E-state index is 0.133. The van der Waals surface area contributed by atoms with Gasteiger partial charge in [-0.3, -0.25) is 4.79 Å². The molecule has 1 aromatic heterocycles. The Morgan fingerprint density at radius 3 is 3.05 bits per heavy atom. The molecular weight excluding hydrogens is 286 g/mol. The summed E-state index contributed by atoms with van der Waals surface area (Å²) in [4.78, 5) is 14.8. The highest BCUT2D eigenvalue weighted by Crippen LogP contribution is 2.21. The smallest absolute Gasteiger partial charge is 0.255 e. The molecule has 0 aliphatic carbocycles. The number of hydrogen-bond acceptors (Lipinski definition) is 5. The third kappa shape index (κ3) is 4.42. The van der Waals surface area contributed by atoms with Crippen molar-refractivity contribution >= 4 is 34.5 Å². The van der Waals surface area contributed by atoms with Crippen LogP contribution >= 0.6 is 22.9 Å². The third-order valence-electron chi connectivity index (χ3n) is 2.18. The number of benzene rings is 1. The number of hydrogen-bond donors (Lipinski definition) is 2. The Kier molecular flexibility index (Phi) is 4.59. The Bertz CT molecular complexity index is 574. The summed E-state index contributed by atoms with van der Waals surface area (Å²) in [5.74, 6) is 0.0803. The lowest BCUT2D eigenvalue weighted by Crippen LogP contribution is -2.20. The summed E-state index contributed by atoms with van der Waals surface area (Å²) in [5.41, 5.74) is 5.89. The van der Waals surface area contributed by atoms with E-state index in [-0.39, 0.29) is 6.61 Å². The molecule has 0 fully saturated rings. The summed E-state index contributed by atoms with van der Waals surface area (Å²) in [5, 5.41) is 4.09. The lowest BCUT2D eigenvalue weighted by molar-refractivity contribution is -0.119. The summed E-state index contributed by atoms with van der Waals surface area (Å²) >= 11 is 7.23. The first kappa shape index (κ1) is 13.6. The predicted octanol–water partition coefficient (Wildman–Crippen LogP) is 2.27. The first-order valence-corrected chi connectivity index (χ1v) is 6.68. The van der Waals surface area contributed by atoms with Crippen molar-refractivity contribution in [2.75, 3.05) is 11.9 Å². The van der Waals surface area contributed by atoms with Gasteiger partial charge in [-0.05, 0) is 12.1 Å². The fraction of sp³-hybridized carbons (Fsp3) is 0.167. The van der Waals surface area contributed by atoms with E-state index in [2.05, 4.69) is 10.3 Å². The molecular formula is C12H12ClN3O2S. The Balaban J connectivity index is 1.93. The van der Waals surface area contributed by atoms with Crippen LogP contribution in [0.5, 0.6) is 5.75 Å². The van der Waals surface area contributed by atoms with Crippen LogP contribution in [-0.4, -0.2) is 17.5 Å². The van der Waals surface area contributed by atoms with Crippen LogP contribution in [0.25, 0.3) is 0 Å². The van der Waals surface area contributed by atoms with Gasteiger partial charge < -0.3 is 15.8 Å². The molecule has 7 heteroatoms. The van der Waals surface area contributed by atoms with Gasteiger partial charge in [0.05, 0.1) is 12.7 Å². The number of primary amides is 1. The number of carbonyl (C=O) groups excluding carboxylic acids is 1. The van der Waals surface area contributed by atoms with E-state index in [9.17, 15) is 4.79 Å². The second kappa shape index (κ2) is 6.40. The van der Waals surface area contributed by atoms with Crippen LogP contribution in [0.1, 0.15) is 5.01 Å². The molecule has 1 heterocycles. The van der Waals surface area contributed by atoms with Crippen LogP contribution in [0.15, 0.2) is 30.5 Å². The molecule has 1 aromatic carbocycles. The van der Waals surface area contributed by atoms with E-state index < -0.39 is 5.91 Å². The number of aromatic nitrogens is 1. The summed E-state index contributed by atoms with van der Waals surface area (Å²) < 4.78 is 5.88. The van der Waals surface area contributed by atoms with Gasteiger partial charge in [0.25, 0.3) is 5.91 Å². The zero-order valence-electron chi connectivity index (χ0n) is 9.93. The number of amides is 1. The van der Waals surface area contributed by atoms with E-state index in [1.54, 1.807) is 18.3 Å². The Morgan fingerprint density at radius 1 is 1.53 bits per heavy atom. The van der Waals surface area contributed by atoms with Crippen LogP contribution in [0, 0.1) is 0 Å². The molecule has 0 spiro atoms. The van der Waals surface area contributed by atoms with Crippen molar-refractivity contribution in [1.82, 2.24) is 4.98 Å². The van der Waals surface area contributed by atoms with Crippen molar-refractivity contribution in [1.29, 1.82) is 0 Å². The molecule has 3 N–H and O–H groups in total. The molecule has 19 heavy (non-hydrogen) atoms. The topological polar surface area (TPSA) is 77.2 Å². The monoisotopic (exact) mass is 297 g/mol. The number of nitrogens with one attached hydrogen (secondary N) is 1. The molecule has 0 atom stereocenters. The number of halogens is 1. The second-order valence-electron chi connectivity index (χ2n) is 3.69. The second-order valence-corrected chi connectivity index (χ2v) is 5.44. The van der Waals surface area contributed by atoms with Gasteiger partial charge in [-0.1, -0.05) is 17.7 Å². The maximum absolute atomic E-state index is 10.6. The molecule has 0 bridgehead atoms. The van der Waals surface area contributed by atoms with Crippen molar-refractivity contribution in [3.05, 3.63) is 39.8 Å². The summed E-state index contributed by atoms with van der Waals surface area (Å²) in [6.07, 6.45) is 1.62. The average Bonchev–Trinajstić information content (AvgIpc) is 2.80. The SMILES string of the molecule is NC(=O)COc1cccc(NCc2ncc(Cl)s2)c1. The molecule has 100 valence electrons.